The van der Waals surface area contributed by atoms with Crippen molar-refractivity contribution in [1.29, 1.82) is 0 Å². The molecule has 116 valence electrons. The van der Waals surface area contributed by atoms with Gasteiger partial charge in [-0.05, 0) is 24.1 Å². The van der Waals surface area contributed by atoms with Gasteiger partial charge in [0.05, 0.1) is 10.8 Å². The normalized spacial score (nSPS) is 11.9. The highest BCUT2D eigenvalue weighted by Crippen LogP contribution is 2.29. The molecule has 0 saturated carbocycles. The van der Waals surface area contributed by atoms with E-state index in [2.05, 4.69) is 10.3 Å². The molecule has 5 heteroatoms. The number of thiazole rings is 1. The van der Waals surface area contributed by atoms with Gasteiger partial charge in [-0.2, -0.15) is 0 Å². The number of carbonyl (C=O) groups is 1. The summed E-state index contributed by atoms with van der Waals surface area (Å²) in [5.41, 5.74) is 1.43. The third-order valence-electron chi connectivity index (χ3n) is 3.56. The van der Waals surface area contributed by atoms with Crippen molar-refractivity contribution < 1.29 is 9.18 Å². The SMILES string of the molecule is CC(C(=O)Nc1ncc(-c2ccccc2)s1)c1ccccc1F. The van der Waals surface area contributed by atoms with Crippen LogP contribution in [0.15, 0.2) is 60.8 Å². The first-order valence-electron chi connectivity index (χ1n) is 7.21. The molecule has 3 aromatic rings. The summed E-state index contributed by atoms with van der Waals surface area (Å²) in [6.45, 7) is 1.68. The van der Waals surface area contributed by atoms with Gasteiger partial charge in [0.1, 0.15) is 5.82 Å². The lowest BCUT2D eigenvalue weighted by Gasteiger charge is -2.11. The first-order chi connectivity index (χ1) is 11.1. The van der Waals surface area contributed by atoms with Crippen molar-refractivity contribution in [2.24, 2.45) is 0 Å². The molecule has 3 rings (SSSR count). The number of anilines is 1. The van der Waals surface area contributed by atoms with E-state index in [1.807, 2.05) is 30.3 Å². The number of halogens is 1. The predicted molar refractivity (Wildman–Crippen MR) is 91.0 cm³/mol. The first kappa shape index (κ1) is 15.4. The van der Waals surface area contributed by atoms with E-state index in [1.54, 1.807) is 31.3 Å². The van der Waals surface area contributed by atoms with Crippen molar-refractivity contribution in [3.8, 4) is 10.4 Å². The fourth-order valence-electron chi connectivity index (χ4n) is 2.25. The summed E-state index contributed by atoms with van der Waals surface area (Å²) >= 11 is 1.39. The minimum atomic E-state index is -0.583. The molecule has 0 bridgehead atoms. The van der Waals surface area contributed by atoms with Crippen molar-refractivity contribution in [1.82, 2.24) is 4.98 Å². The molecule has 0 saturated heterocycles. The lowest BCUT2D eigenvalue weighted by atomic mass is 10.00. The zero-order valence-corrected chi connectivity index (χ0v) is 13.3. The second-order valence-electron chi connectivity index (χ2n) is 5.13. The molecule has 1 heterocycles. The third-order valence-corrected chi connectivity index (χ3v) is 4.52. The Balaban J connectivity index is 1.74. The largest absolute Gasteiger partial charge is 0.301 e. The minimum Gasteiger partial charge on any atom is -0.301 e. The quantitative estimate of drug-likeness (QED) is 0.755. The number of carbonyl (C=O) groups excluding carboxylic acids is 1. The number of amides is 1. The maximum atomic E-state index is 13.8. The van der Waals surface area contributed by atoms with Crippen molar-refractivity contribution in [3.63, 3.8) is 0 Å². The van der Waals surface area contributed by atoms with Crippen LogP contribution in [0, 0.1) is 5.82 Å². The molecule has 0 aliphatic rings. The Kier molecular flexibility index (Phi) is 4.48. The Morgan fingerprint density at radius 3 is 2.57 bits per heavy atom. The second-order valence-corrected chi connectivity index (χ2v) is 6.16. The molecular weight excluding hydrogens is 311 g/mol. The first-order valence-corrected chi connectivity index (χ1v) is 8.03. The summed E-state index contributed by atoms with van der Waals surface area (Å²) in [6, 6.07) is 16.1. The Labute approximate surface area is 137 Å². The molecule has 1 N–H and O–H groups in total. The van der Waals surface area contributed by atoms with E-state index in [4.69, 9.17) is 0 Å². The van der Waals surface area contributed by atoms with E-state index < -0.39 is 5.92 Å². The summed E-state index contributed by atoms with van der Waals surface area (Å²) in [5, 5.41) is 3.27. The monoisotopic (exact) mass is 326 g/mol. The van der Waals surface area contributed by atoms with Gasteiger partial charge in [-0.15, -0.1) is 0 Å². The zero-order valence-electron chi connectivity index (χ0n) is 12.5. The van der Waals surface area contributed by atoms with Gasteiger partial charge < -0.3 is 5.32 Å². The van der Waals surface area contributed by atoms with E-state index in [0.717, 1.165) is 10.4 Å². The van der Waals surface area contributed by atoms with Crippen LogP contribution in [-0.2, 0) is 4.79 Å². The highest BCUT2D eigenvalue weighted by atomic mass is 32.1. The molecule has 0 fully saturated rings. The number of hydrogen-bond acceptors (Lipinski definition) is 3. The van der Waals surface area contributed by atoms with Crippen molar-refractivity contribution in [2.75, 3.05) is 5.32 Å². The molecule has 0 radical (unpaired) electrons. The van der Waals surface area contributed by atoms with E-state index in [-0.39, 0.29) is 11.7 Å². The van der Waals surface area contributed by atoms with Gasteiger partial charge >= 0.3 is 0 Å². The van der Waals surface area contributed by atoms with E-state index in [1.165, 1.54) is 17.4 Å². The maximum absolute atomic E-state index is 13.8. The van der Waals surface area contributed by atoms with Gasteiger partial charge in [0.2, 0.25) is 5.91 Å². The fourth-order valence-corrected chi connectivity index (χ4v) is 3.07. The number of benzene rings is 2. The van der Waals surface area contributed by atoms with Crippen molar-refractivity contribution in [2.45, 2.75) is 12.8 Å². The Morgan fingerprint density at radius 2 is 1.83 bits per heavy atom. The van der Waals surface area contributed by atoms with Crippen LogP contribution in [0.3, 0.4) is 0 Å². The third kappa shape index (κ3) is 3.46. The molecule has 1 atom stereocenters. The maximum Gasteiger partial charge on any atom is 0.233 e. The molecule has 1 unspecified atom stereocenters. The van der Waals surface area contributed by atoms with Crippen LogP contribution >= 0.6 is 11.3 Å². The van der Waals surface area contributed by atoms with Gasteiger partial charge in [0, 0.05) is 6.20 Å². The molecule has 0 aliphatic carbocycles. The molecule has 1 aromatic heterocycles. The topological polar surface area (TPSA) is 42.0 Å². The van der Waals surface area contributed by atoms with Gasteiger partial charge in [-0.3, -0.25) is 4.79 Å². The Morgan fingerprint density at radius 1 is 1.13 bits per heavy atom. The molecule has 3 nitrogen and oxygen atoms in total. The number of hydrogen-bond donors (Lipinski definition) is 1. The average Bonchev–Trinajstić information content (AvgIpc) is 3.04. The Hall–Kier alpha value is -2.53. The van der Waals surface area contributed by atoms with Gasteiger partial charge in [-0.1, -0.05) is 59.9 Å². The summed E-state index contributed by atoms with van der Waals surface area (Å²) in [7, 11) is 0. The predicted octanol–water partition coefficient (Wildman–Crippen LogP) is 4.69. The summed E-state index contributed by atoms with van der Waals surface area (Å²) in [5.74, 6) is -1.23. The number of nitrogens with one attached hydrogen (secondary N) is 1. The lowest BCUT2D eigenvalue weighted by molar-refractivity contribution is -0.117. The van der Waals surface area contributed by atoms with Gasteiger partial charge in [0.25, 0.3) is 0 Å². The van der Waals surface area contributed by atoms with E-state index in [9.17, 15) is 9.18 Å². The Bertz CT molecular complexity index is 817. The van der Waals surface area contributed by atoms with Crippen LogP contribution in [0.4, 0.5) is 9.52 Å². The molecule has 1 amide bonds. The van der Waals surface area contributed by atoms with Gasteiger partial charge in [-0.25, -0.2) is 9.37 Å². The fraction of sp³-hybridized carbons (Fsp3) is 0.111. The molecule has 2 aromatic carbocycles. The highest BCUT2D eigenvalue weighted by molar-refractivity contribution is 7.19. The summed E-state index contributed by atoms with van der Waals surface area (Å²) in [6.07, 6.45) is 1.73. The van der Waals surface area contributed by atoms with Crippen LogP contribution in [-0.4, -0.2) is 10.9 Å². The molecular formula is C18H15FN2OS. The van der Waals surface area contributed by atoms with Crippen molar-refractivity contribution >= 4 is 22.4 Å². The lowest BCUT2D eigenvalue weighted by Crippen LogP contribution is -2.19. The zero-order chi connectivity index (χ0) is 16.2. The highest BCUT2D eigenvalue weighted by Gasteiger charge is 2.19. The number of nitrogens with zero attached hydrogens (tertiary/aromatic N) is 1. The standard InChI is InChI=1S/C18H15FN2OS/c1-12(14-9-5-6-10-15(14)19)17(22)21-18-20-11-16(23-18)13-7-3-2-4-8-13/h2-12H,1H3,(H,20,21,22). The number of aromatic nitrogens is 1. The van der Waals surface area contributed by atoms with E-state index in [0.29, 0.717) is 10.7 Å². The van der Waals surface area contributed by atoms with Crippen LogP contribution in [0.2, 0.25) is 0 Å². The number of rotatable bonds is 4. The van der Waals surface area contributed by atoms with Crippen LogP contribution in [0.5, 0.6) is 0 Å². The molecule has 23 heavy (non-hydrogen) atoms. The van der Waals surface area contributed by atoms with Crippen LogP contribution in [0.1, 0.15) is 18.4 Å². The van der Waals surface area contributed by atoms with Crippen LogP contribution < -0.4 is 5.32 Å². The summed E-state index contributed by atoms with van der Waals surface area (Å²) in [4.78, 5) is 17.5. The summed E-state index contributed by atoms with van der Waals surface area (Å²) < 4.78 is 13.8. The molecule has 0 aliphatic heterocycles. The van der Waals surface area contributed by atoms with Crippen molar-refractivity contribution in [3.05, 3.63) is 72.2 Å². The average molecular weight is 326 g/mol. The van der Waals surface area contributed by atoms with Crippen LogP contribution in [0.25, 0.3) is 10.4 Å². The smallest absolute Gasteiger partial charge is 0.233 e. The van der Waals surface area contributed by atoms with E-state index >= 15 is 0 Å². The van der Waals surface area contributed by atoms with Gasteiger partial charge in [0.15, 0.2) is 5.13 Å². The second kappa shape index (κ2) is 6.71. The minimum absolute atomic E-state index is 0.274. The molecule has 0 spiro atoms.